The van der Waals surface area contributed by atoms with E-state index in [0.29, 0.717) is 17.1 Å². The maximum atomic E-state index is 12.2. The number of benzene rings is 2. The molecule has 0 unspecified atom stereocenters. The molecule has 4 heteroatoms. The van der Waals surface area contributed by atoms with E-state index in [2.05, 4.69) is 5.32 Å². The van der Waals surface area contributed by atoms with Crippen molar-refractivity contribution < 1.29 is 14.3 Å². The third-order valence-corrected chi connectivity index (χ3v) is 3.60. The molecule has 0 bridgehead atoms. The molecule has 0 saturated carbocycles. The molecule has 0 aliphatic rings. The number of carbonyl (C=O) groups is 1. The second-order valence-corrected chi connectivity index (χ2v) is 5.27. The van der Waals surface area contributed by atoms with E-state index in [1.165, 1.54) is 0 Å². The van der Waals surface area contributed by atoms with Crippen LogP contribution in [-0.2, 0) is 6.61 Å². The van der Waals surface area contributed by atoms with Crippen LogP contribution in [0.25, 0.3) is 11.3 Å². The quantitative estimate of drug-likeness (QED) is 0.766. The van der Waals surface area contributed by atoms with Crippen LogP contribution >= 0.6 is 0 Å². The topological polar surface area (TPSA) is 62.5 Å². The van der Waals surface area contributed by atoms with Crippen molar-refractivity contribution in [3.63, 3.8) is 0 Å². The summed E-state index contributed by atoms with van der Waals surface area (Å²) in [6.07, 6.45) is 0. The van der Waals surface area contributed by atoms with Gasteiger partial charge in [0.05, 0.1) is 0 Å². The molecule has 0 radical (unpaired) electrons. The van der Waals surface area contributed by atoms with Gasteiger partial charge in [-0.05, 0) is 55.0 Å². The van der Waals surface area contributed by atoms with Crippen LogP contribution < -0.4 is 5.32 Å². The molecule has 0 saturated heterocycles. The fourth-order valence-electron chi connectivity index (χ4n) is 2.42. The van der Waals surface area contributed by atoms with Gasteiger partial charge in [0, 0.05) is 16.8 Å². The first-order valence-electron chi connectivity index (χ1n) is 7.34. The summed E-state index contributed by atoms with van der Waals surface area (Å²) in [7, 11) is 0. The van der Waals surface area contributed by atoms with Crippen LogP contribution in [0.15, 0.2) is 65.1 Å². The first-order valence-corrected chi connectivity index (χ1v) is 7.34. The van der Waals surface area contributed by atoms with Crippen molar-refractivity contribution in [2.75, 3.05) is 5.32 Å². The number of carbonyl (C=O) groups excluding carboxylic acids is 1. The molecule has 116 valence electrons. The Balaban J connectivity index is 1.80. The van der Waals surface area contributed by atoms with Gasteiger partial charge < -0.3 is 14.8 Å². The van der Waals surface area contributed by atoms with Crippen LogP contribution in [0.2, 0.25) is 0 Å². The lowest BCUT2D eigenvalue weighted by Gasteiger charge is -2.09. The van der Waals surface area contributed by atoms with Gasteiger partial charge in [0.1, 0.15) is 18.1 Å². The lowest BCUT2D eigenvalue weighted by Crippen LogP contribution is -2.11. The van der Waals surface area contributed by atoms with Crippen molar-refractivity contribution in [1.29, 1.82) is 0 Å². The van der Waals surface area contributed by atoms with Gasteiger partial charge in [0.2, 0.25) is 0 Å². The summed E-state index contributed by atoms with van der Waals surface area (Å²) in [5.74, 6) is 1.09. The molecule has 0 spiro atoms. The number of furan rings is 1. The molecule has 3 aromatic rings. The maximum absolute atomic E-state index is 12.2. The van der Waals surface area contributed by atoms with Gasteiger partial charge in [-0.3, -0.25) is 4.79 Å². The largest absolute Gasteiger partial charge is 0.459 e. The molecule has 0 aliphatic carbocycles. The van der Waals surface area contributed by atoms with Crippen molar-refractivity contribution in [2.45, 2.75) is 13.5 Å². The van der Waals surface area contributed by atoms with Crippen LogP contribution in [0.1, 0.15) is 21.7 Å². The van der Waals surface area contributed by atoms with Gasteiger partial charge in [-0.1, -0.05) is 18.2 Å². The van der Waals surface area contributed by atoms with E-state index < -0.39 is 0 Å². The molecule has 0 fully saturated rings. The van der Waals surface area contributed by atoms with Gasteiger partial charge in [-0.2, -0.15) is 0 Å². The van der Waals surface area contributed by atoms with Crippen LogP contribution in [0.5, 0.6) is 0 Å². The molecule has 3 rings (SSSR count). The predicted molar refractivity (Wildman–Crippen MR) is 89.2 cm³/mol. The van der Waals surface area contributed by atoms with Gasteiger partial charge in [-0.15, -0.1) is 0 Å². The lowest BCUT2D eigenvalue weighted by molar-refractivity contribution is 0.102. The SMILES string of the molecule is Cc1cc(NC(=O)c2ccccc2)ccc1-c1ccc(CO)o1. The maximum Gasteiger partial charge on any atom is 0.255 e. The summed E-state index contributed by atoms with van der Waals surface area (Å²) in [4.78, 5) is 12.2. The summed E-state index contributed by atoms with van der Waals surface area (Å²) in [6, 6.07) is 18.3. The number of aliphatic hydroxyl groups is 1. The Morgan fingerprint density at radius 1 is 1.09 bits per heavy atom. The number of nitrogens with one attached hydrogen (secondary N) is 1. The van der Waals surface area contributed by atoms with E-state index in [4.69, 9.17) is 9.52 Å². The van der Waals surface area contributed by atoms with E-state index in [9.17, 15) is 4.79 Å². The number of hydrogen-bond acceptors (Lipinski definition) is 3. The molecule has 0 atom stereocenters. The highest BCUT2D eigenvalue weighted by Crippen LogP contribution is 2.28. The predicted octanol–water partition coefficient (Wildman–Crippen LogP) is 4.00. The molecule has 4 nitrogen and oxygen atoms in total. The van der Waals surface area contributed by atoms with Crippen LogP contribution in [0.4, 0.5) is 5.69 Å². The average Bonchev–Trinajstić information content (AvgIpc) is 3.04. The van der Waals surface area contributed by atoms with Crippen molar-refractivity contribution in [3.05, 3.63) is 77.6 Å². The summed E-state index contributed by atoms with van der Waals surface area (Å²) >= 11 is 0. The smallest absolute Gasteiger partial charge is 0.255 e. The summed E-state index contributed by atoms with van der Waals surface area (Å²) in [5, 5.41) is 12.0. The Hall–Kier alpha value is -2.85. The number of aliphatic hydroxyl groups excluding tert-OH is 1. The molecular weight excluding hydrogens is 290 g/mol. The zero-order chi connectivity index (χ0) is 16.2. The second-order valence-electron chi connectivity index (χ2n) is 5.27. The first-order chi connectivity index (χ1) is 11.2. The fraction of sp³-hybridized carbons (Fsp3) is 0.105. The minimum absolute atomic E-state index is 0.121. The van der Waals surface area contributed by atoms with Crippen LogP contribution in [0, 0.1) is 6.92 Å². The van der Waals surface area contributed by atoms with Crippen molar-refractivity contribution in [2.24, 2.45) is 0 Å². The molecule has 2 N–H and O–H groups in total. The van der Waals surface area contributed by atoms with E-state index in [0.717, 1.165) is 16.8 Å². The highest BCUT2D eigenvalue weighted by Gasteiger charge is 2.10. The van der Waals surface area contributed by atoms with Gasteiger partial charge >= 0.3 is 0 Å². The summed E-state index contributed by atoms with van der Waals surface area (Å²) < 4.78 is 5.55. The molecule has 1 heterocycles. The molecule has 23 heavy (non-hydrogen) atoms. The first kappa shape index (κ1) is 15.1. The number of aryl methyl sites for hydroxylation is 1. The van der Waals surface area contributed by atoms with Crippen molar-refractivity contribution >= 4 is 11.6 Å². The molecule has 2 aromatic carbocycles. The molecule has 0 aliphatic heterocycles. The Labute approximate surface area is 134 Å². The normalized spacial score (nSPS) is 10.5. The third-order valence-electron chi connectivity index (χ3n) is 3.60. The van der Waals surface area contributed by atoms with E-state index >= 15 is 0 Å². The van der Waals surface area contributed by atoms with E-state index in [1.54, 1.807) is 18.2 Å². The average molecular weight is 307 g/mol. The minimum Gasteiger partial charge on any atom is -0.459 e. The zero-order valence-corrected chi connectivity index (χ0v) is 12.7. The number of anilines is 1. The van der Waals surface area contributed by atoms with E-state index in [1.807, 2.05) is 49.4 Å². The Bertz CT molecular complexity index is 822. The molecule has 1 aromatic heterocycles. The Kier molecular flexibility index (Phi) is 4.26. The summed E-state index contributed by atoms with van der Waals surface area (Å²) in [5.41, 5.74) is 3.26. The van der Waals surface area contributed by atoms with Gasteiger partial charge in [0.15, 0.2) is 0 Å². The second kappa shape index (κ2) is 6.50. The Morgan fingerprint density at radius 3 is 2.52 bits per heavy atom. The summed E-state index contributed by atoms with van der Waals surface area (Å²) in [6.45, 7) is 1.83. The Morgan fingerprint density at radius 2 is 1.87 bits per heavy atom. The third kappa shape index (κ3) is 3.33. The highest BCUT2D eigenvalue weighted by atomic mass is 16.4. The standard InChI is InChI=1S/C19H17NO3/c1-13-11-15(20-19(22)14-5-3-2-4-6-14)7-9-17(13)18-10-8-16(12-21)23-18/h2-11,21H,12H2,1H3,(H,20,22). The highest BCUT2D eigenvalue weighted by molar-refractivity contribution is 6.04. The van der Waals surface area contributed by atoms with Gasteiger partial charge in [-0.25, -0.2) is 0 Å². The minimum atomic E-state index is -0.140. The molecule has 1 amide bonds. The van der Waals surface area contributed by atoms with Crippen LogP contribution in [0.3, 0.4) is 0 Å². The lowest BCUT2D eigenvalue weighted by atomic mass is 10.1. The fourth-order valence-corrected chi connectivity index (χ4v) is 2.42. The van der Waals surface area contributed by atoms with Crippen molar-refractivity contribution in [1.82, 2.24) is 0 Å². The van der Waals surface area contributed by atoms with E-state index in [-0.39, 0.29) is 12.5 Å². The van der Waals surface area contributed by atoms with Crippen LogP contribution in [-0.4, -0.2) is 11.0 Å². The monoisotopic (exact) mass is 307 g/mol. The van der Waals surface area contributed by atoms with Crippen molar-refractivity contribution in [3.8, 4) is 11.3 Å². The zero-order valence-electron chi connectivity index (χ0n) is 12.7. The molecular formula is C19H17NO3. The number of hydrogen-bond donors (Lipinski definition) is 2. The van der Waals surface area contributed by atoms with Gasteiger partial charge in [0.25, 0.3) is 5.91 Å². The number of rotatable bonds is 4. The number of amides is 1.